The van der Waals surface area contributed by atoms with Gasteiger partial charge in [0, 0.05) is 29.1 Å². The van der Waals surface area contributed by atoms with E-state index in [0.29, 0.717) is 31.6 Å². The van der Waals surface area contributed by atoms with Crippen molar-refractivity contribution in [3.05, 3.63) is 45.9 Å². The third kappa shape index (κ3) is 5.42. The molecule has 0 bridgehead atoms. The van der Waals surface area contributed by atoms with Crippen molar-refractivity contribution in [2.45, 2.75) is 45.8 Å². The average Bonchev–Trinajstić information content (AvgIpc) is 3.05. The van der Waals surface area contributed by atoms with E-state index in [1.54, 1.807) is 23.9 Å². The number of hydrogen-bond donors (Lipinski definition) is 2. The number of nitrogens with one attached hydrogen (secondary N) is 2. The molecule has 2 atom stereocenters. The van der Waals surface area contributed by atoms with Gasteiger partial charge < -0.3 is 15.6 Å². The lowest BCUT2D eigenvalue weighted by Gasteiger charge is -2.29. The number of rotatable bonds is 9. The predicted octanol–water partition coefficient (Wildman–Crippen LogP) is 3.97. The molecular weight excluding hydrogens is 363 g/mol. The summed E-state index contributed by atoms with van der Waals surface area (Å²) in [6.07, 6.45) is 8.11. The van der Waals surface area contributed by atoms with Gasteiger partial charge in [-0.25, -0.2) is 4.39 Å². The Hall–Kier alpha value is -2.15. The molecule has 2 rings (SSSR count). The molecule has 0 aliphatic carbocycles. The van der Waals surface area contributed by atoms with E-state index >= 15 is 0 Å². The summed E-state index contributed by atoms with van der Waals surface area (Å²) in [5, 5.41) is 13.3. The Morgan fingerprint density at radius 1 is 1.52 bits per heavy atom. The van der Waals surface area contributed by atoms with Gasteiger partial charge in [-0.1, -0.05) is 30.0 Å². The van der Waals surface area contributed by atoms with Gasteiger partial charge in [-0.2, -0.15) is 0 Å². The molecule has 2 N–H and O–H groups in total. The number of amidine groups is 1. The van der Waals surface area contributed by atoms with Crippen LogP contribution in [0.1, 0.15) is 33.6 Å². The molecule has 0 aromatic heterocycles. The second-order valence-corrected chi connectivity index (χ2v) is 7.38. The van der Waals surface area contributed by atoms with Crippen molar-refractivity contribution in [1.82, 2.24) is 10.2 Å². The highest BCUT2D eigenvalue weighted by Crippen LogP contribution is 2.34. The molecule has 0 spiro atoms. The van der Waals surface area contributed by atoms with Crippen LogP contribution < -0.4 is 5.32 Å². The first kappa shape index (κ1) is 21.2. The van der Waals surface area contributed by atoms with Crippen LogP contribution in [0.3, 0.4) is 0 Å². The zero-order chi connectivity index (χ0) is 19.8. The fourth-order valence-electron chi connectivity index (χ4n) is 3.09. The zero-order valence-electron chi connectivity index (χ0n) is 16.0. The number of thioether (sulfide) groups is 1. The minimum Gasteiger partial charge on any atom is -0.354 e. The van der Waals surface area contributed by atoms with Gasteiger partial charge in [-0.15, -0.1) is 0 Å². The van der Waals surface area contributed by atoms with E-state index in [0.717, 1.165) is 28.4 Å². The number of halogens is 1. The molecule has 27 heavy (non-hydrogen) atoms. The van der Waals surface area contributed by atoms with Crippen LogP contribution in [-0.4, -0.2) is 48.2 Å². The lowest BCUT2D eigenvalue weighted by Crippen LogP contribution is -2.36. The normalized spacial score (nSPS) is 21.6. The van der Waals surface area contributed by atoms with Crippen LogP contribution in [-0.2, 0) is 4.79 Å². The van der Waals surface area contributed by atoms with Crippen LogP contribution in [0.5, 0.6) is 0 Å². The Kier molecular flexibility index (Phi) is 8.03. The minimum absolute atomic E-state index is 0.0109. The van der Waals surface area contributed by atoms with Crippen LogP contribution in [0.2, 0.25) is 0 Å². The van der Waals surface area contributed by atoms with Crippen LogP contribution in [0.15, 0.2) is 50.9 Å². The maximum Gasteiger partial charge on any atom is 0.207 e. The summed E-state index contributed by atoms with van der Waals surface area (Å²) in [4.78, 5) is 18.8. The fourth-order valence-corrected chi connectivity index (χ4v) is 3.79. The number of nitrogens with zero attached hydrogens (tertiary/aromatic N) is 2. The molecule has 0 aromatic carbocycles. The summed E-state index contributed by atoms with van der Waals surface area (Å²) >= 11 is 1.60. The van der Waals surface area contributed by atoms with E-state index in [1.165, 1.54) is 6.92 Å². The molecule has 2 aliphatic rings. The van der Waals surface area contributed by atoms with Crippen molar-refractivity contribution < 1.29 is 9.18 Å². The van der Waals surface area contributed by atoms with Gasteiger partial charge in [0.1, 0.15) is 12.0 Å². The topological polar surface area (TPSA) is 68.5 Å². The molecule has 2 aliphatic heterocycles. The van der Waals surface area contributed by atoms with Gasteiger partial charge in [0.15, 0.2) is 0 Å². The molecule has 1 saturated heterocycles. The molecule has 7 heteroatoms. The molecule has 0 saturated carbocycles. The summed E-state index contributed by atoms with van der Waals surface area (Å²) < 4.78 is 13.0. The third-order valence-electron chi connectivity index (χ3n) is 4.35. The fraction of sp³-hybridized carbons (Fsp3) is 0.450. The highest BCUT2D eigenvalue weighted by atomic mass is 32.2. The molecule has 146 valence electrons. The molecule has 0 aromatic rings. The van der Waals surface area contributed by atoms with Crippen LogP contribution in [0.25, 0.3) is 0 Å². The van der Waals surface area contributed by atoms with Gasteiger partial charge in [0.25, 0.3) is 0 Å². The van der Waals surface area contributed by atoms with Crippen LogP contribution in [0, 0.1) is 5.41 Å². The number of allylic oxidation sites excluding steroid dienone is 4. The third-order valence-corrected chi connectivity index (χ3v) is 5.43. The van der Waals surface area contributed by atoms with Crippen molar-refractivity contribution in [2.75, 3.05) is 13.1 Å². The Morgan fingerprint density at radius 2 is 2.30 bits per heavy atom. The second kappa shape index (κ2) is 10.3. The molecule has 1 amide bonds. The van der Waals surface area contributed by atoms with E-state index in [-0.39, 0.29) is 6.04 Å². The van der Waals surface area contributed by atoms with E-state index in [4.69, 9.17) is 10.4 Å². The quantitative estimate of drug-likeness (QED) is 0.462. The number of alkyl halides is 1. The summed E-state index contributed by atoms with van der Waals surface area (Å²) in [5.41, 5.74) is 2.21. The SMILES string of the molecule is CC=C(S/C=C\C)C1=NCC(C(=N)/C=C\CC(C)F)=C2CC(NC=O)CN12. The summed E-state index contributed by atoms with van der Waals surface area (Å²) in [7, 11) is 0. The van der Waals surface area contributed by atoms with Crippen molar-refractivity contribution >= 4 is 29.7 Å². The highest BCUT2D eigenvalue weighted by molar-refractivity contribution is 8.06. The van der Waals surface area contributed by atoms with Crippen molar-refractivity contribution in [1.29, 1.82) is 5.41 Å². The van der Waals surface area contributed by atoms with E-state index < -0.39 is 6.17 Å². The standard InChI is InChI=1S/C20H27FN4OS/c1-4-9-27-19(5-2)20-23-11-16(17(22)8-6-7-14(3)21)18-10-15(24-13-26)12-25(18)20/h4-6,8-9,13-15,22H,7,10-12H2,1-3H3,(H,24,26)/b8-6-,9-4-,19-5?,22-17?. The first-order valence-electron chi connectivity index (χ1n) is 9.09. The van der Waals surface area contributed by atoms with Crippen molar-refractivity contribution in [2.24, 2.45) is 4.99 Å². The monoisotopic (exact) mass is 390 g/mol. The second-order valence-electron chi connectivity index (χ2n) is 6.43. The van der Waals surface area contributed by atoms with Gasteiger partial charge in [-0.05, 0) is 38.7 Å². The average molecular weight is 391 g/mol. The number of carbonyl (C=O) groups is 1. The molecule has 1 fully saturated rings. The summed E-state index contributed by atoms with van der Waals surface area (Å²) in [6.45, 7) is 6.49. The lowest BCUT2D eigenvalue weighted by atomic mass is 10.0. The largest absolute Gasteiger partial charge is 0.354 e. The van der Waals surface area contributed by atoms with Crippen LogP contribution >= 0.6 is 11.8 Å². The zero-order valence-corrected chi connectivity index (χ0v) is 16.9. The Bertz CT molecular complexity index is 721. The van der Waals surface area contributed by atoms with E-state index in [2.05, 4.69) is 10.2 Å². The predicted molar refractivity (Wildman–Crippen MR) is 112 cm³/mol. The number of fused-ring (bicyclic) bond motifs is 1. The van der Waals surface area contributed by atoms with Crippen LogP contribution in [0.4, 0.5) is 4.39 Å². The number of carbonyl (C=O) groups excluding carboxylic acids is 1. The molecule has 2 heterocycles. The first-order valence-corrected chi connectivity index (χ1v) is 9.97. The van der Waals surface area contributed by atoms with Gasteiger partial charge in [0.2, 0.25) is 6.41 Å². The van der Waals surface area contributed by atoms with Gasteiger partial charge in [-0.3, -0.25) is 9.79 Å². The lowest BCUT2D eigenvalue weighted by molar-refractivity contribution is -0.110. The highest BCUT2D eigenvalue weighted by Gasteiger charge is 2.35. The van der Waals surface area contributed by atoms with E-state index in [1.807, 2.05) is 31.4 Å². The Morgan fingerprint density at radius 3 is 2.93 bits per heavy atom. The maximum atomic E-state index is 13.0. The van der Waals surface area contributed by atoms with Crippen molar-refractivity contribution in [3.8, 4) is 0 Å². The Balaban J connectivity index is 2.30. The summed E-state index contributed by atoms with van der Waals surface area (Å²) in [5.74, 6) is 0.878. The molecule has 2 unspecified atom stereocenters. The van der Waals surface area contributed by atoms with Gasteiger partial charge in [0.05, 0.1) is 18.3 Å². The molecule has 0 radical (unpaired) electrons. The Labute approximate surface area is 164 Å². The minimum atomic E-state index is -0.923. The summed E-state index contributed by atoms with van der Waals surface area (Å²) in [6, 6.07) is -0.0109. The van der Waals surface area contributed by atoms with E-state index in [9.17, 15) is 9.18 Å². The maximum absolute atomic E-state index is 13.0. The number of aliphatic imine (C=N–C) groups is 1. The number of hydrogen-bond acceptors (Lipinski definition) is 5. The van der Waals surface area contributed by atoms with Gasteiger partial charge >= 0.3 is 0 Å². The smallest absolute Gasteiger partial charge is 0.207 e. The van der Waals surface area contributed by atoms with Crippen molar-refractivity contribution in [3.63, 3.8) is 0 Å². The first-order chi connectivity index (χ1) is 13.0. The number of amides is 1. The molecular formula is C20H27FN4OS. The molecule has 5 nitrogen and oxygen atoms in total.